The molecule has 4 nitrogen and oxygen atoms in total. The van der Waals surface area contributed by atoms with E-state index in [4.69, 9.17) is 0 Å². The van der Waals surface area contributed by atoms with Crippen LogP contribution < -0.4 is 0 Å². The molecule has 1 aliphatic rings. The van der Waals surface area contributed by atoms with Gasteiger partial charge in [0.2, 0.25) is 0 Å². The molecule has 0 bridgehead atoms. The van der Waals surface area contributed by atoms with E-state index in [2.05, 4.69) is 39.6 Å². The van der Waals surface area contributed by atoms with Gasteiger partial charge >= 0.3 is 0 Å². The SMILES string of the molecule is Cc1cc2n(n1)C(CCc1ccccc1)N=N2. The fraction of sp³-hybridized carbons (Fsp3) is 0.308. The van der Waals surface area contributed by atoms with Crippen molar-refractivity contribution in [2.75, 3.05) is 0 Å². The molecule has 0 aliphatic carbocycles. The van der Waals surface area contributed by atoms with E-state index in [0.717, 1.165) is 24.4 Å². The highest BCUT2D eigenvalue weighted by atomic mass is 15.5. The molecule has 1 aliphatic heterocycles. The van der Waals surface area contributed by atoms with Gasteiger partial charge in [-0.1, -0.05) is 30.3 Å². The van der Waals surface area contributed by atoms with Crippen molar-refractivity contribution >= 4 is 5.82 Å². The highest BCUT2D eigenvalue weighted by molar-refractivity contribution is 5.31. The largest absolute Gasteiger partial charge is 0.219 e. The third-order valence-electron chi connectivity index (χ3n) is 2.95. The number of nitrogens with zero attached hydrogens (tertiary/aromatic N) is 4. The van der Waals surface area contributed by atoms with Gasteiger partial charge in [0.05, 0.1) is 5.69 Å². The van der Waals surface area contributed by atoms with Crippen LogP contribution in [0.5, 0.6) is 0 Å². The standard InChI is InChI=1S/C13H14N4/c1-10-9-13-15-14-12(17(13)16-10)8-7-11-5-3-2-4-6-11/h2-6,9,12H,7-8H2,1H3. The second-order valence-corrected chi connectivity index (χ2v) is 4.31. The summed E-state index contributed by atoms with van der Waals surface area (Å²) in [5.41, 5.74) is 2.34. The molecular formula is C13H14N4. The molecule has 2 aromatic rings. The number of rotatable bonds is 3. The maximum atomic E-state index is 4.41. The molecule has 0 saturated carbocycles. The Hall–Kier alpha value is -1.97. The van der Waals surface area contributed by atoms with Gasteiger partial charge in [-0.25, -0.2) is 4.68 Å². The first-order valence-electron chi connectivity index (χ1n) is 5.84. The van der Waals surface area contributed by atoms with E-state index in [1.54, 1.807) is 0 Å². The molecule has 0 radical (unpaired) electrons. The lowest BCUT2D eigenvalue weighted by atomic mass is 10.1. The summed E-state index contributed by atoms with van der Waals surface area (Å²) in [6.45, 7) is 1.98. The molecule has 0 N–H and O–H groups in total. The second-order valence-electron chi connectivity index (χ2n) is 4.31. The Balaban J connectivity index is 1.70. The number of aromatic nitrogens is 2. The molecule has 0 spiro atoms. The molecule has 3 rings (SSSR count). The minimum Gasteiger partial charge on any atom is -0.219 e. The molecule has 17 heavy (non-hydrogen) atoms. The predicted octanol–water partition coefficient (Wildman–Crippen LogP) is 3.42. The highest BCUT2D eigenvalue weighted by Gasteiger charge is 2.20. The average Bonchev–Trinajstić information content (AvgIpc) is 2.87. The molecular weight excluding hydrogens is 212 g/mol. The van der Waals surface area contributed by atoms with Gasteiger partial charge in [0, 0.05) is 6.07 Å². The van der Waals surface area contributed by atoms with E-state index in [1.165, 1.54) is 5.56 Å². The summed E-state index contributed by atoms with van der Waals surface area (Å²) in [4.78, 5) is 0. The van der Waals surface area contributed by atoms with Gasteiger partial charge in [0.1, 0.15) is 0 Å². The lowest BCUT2D eigenvalue weighted by molar-refractivity contribution is 0.459. The van der Waals surface area contributed by atoms with Crippen LogP contribution in [0.2, 0.25) is 0 Å². The van der Waals surface area contributed by atoms with Crippen molar-refractivity contribution in [3.8, 4) is 0 Å². The maximum Gasteiger partial charge on any atom is 0.175 e. The van der Waals surface area contributed by atoms with Gasteiger partial charge in [-0.3, -0.25) is 0 Å². The van der Waals surface area contributed by atoms with Crippen LogP contribution in [0.25, 0.3) is 0 Å². The van der Waals surface area contributed by atoms with Crippen molar-refractivity contribution in [2.45, 2.75) is 25.9 Å². The molecule has 0 amide bonds. The predicted molar refractivity (Wildman–Crippen MR) is 65.3 cm³/mol. The van der Waals surface area contributed by atoms with Crippen molar-refractivity contribution in [3.05, 3.63) is 47.7 Å². The summed E-state index contributed by atoms with van der Waals surface area (Å²) in [6.07, 6.45) is 2.02. The highest BCUT2D eigenvalue weighted by Crippen LogP contribution is 2.30. The number of aryl methyl sites for hydroxylation is 2. The maximum absolute atomic E-state index is 4.41. The monoisotopic (exact) mass is 226 g/mol. The molecule has 2 heterocycles. The fourth-order valence-corrected chi connectivity index (χ4v) is 2.09. The normalized spacial score (nSPS) is 17.4. The second kappa shape index (κ2) is 4.13. The van der Waals surface area contributed by atoms with Crippen molar-refractivity contribution < 1.29 is 0 Å². The van der Waals surface area contributed by atoms with Crippen molar-refractivity contribution in [2.24, 2.45) is 10.2 Å². The number of hydrogen-bond acceptors (Lipinski definition) is 3. The van der Waals surface area contributed by atoms with Crippen LogP contribution in [-0.2, 0) is 6.42 Å². The first kappa shape index (κ1) is 10.2. The summed E-state index contributed by atoms with van der Waals surface area (Å²) >= 11 is 0. The van der Waals surface area contributed by atoms with E-state index in [0.29, 0.717) is 0 Å². The topological polar surface area (TPSA) is 42.5 Å². The third-order valence-corrected chi connectivity index (χ3v) is 2.95. The van der Waals surface area contributed by atoms with E-state index in [1.807, 2.05) is 23.7 Å². The number of azo groups is 1. The van der Waals surface area contributed by atoms with Crippen molar-refractivity contribution in [1.82, 2.24) is 9.78 Å². The molecule has 0 saturated heterocycles. The Morgan fingerprint density at radius 3 is 2.88 bits per heavy atom. The lowest BCUT2D eigenvalue weighted by Gasteiger charge is -2.07. The van der Waals surface area contributed by atoms with E-state index < -0.39 is 0 Å². The Morgan fingerprint density at radius 1 is 1.24 bits per heavy atom. The van der Waals surface area contributed by atoms with Gasteiger partial charge in [-0.2, -0.15) is 10.2 Å². The Bertz CT molecular complexity index is 542. The van der Waals surface area contributed by atoms with Crippen LogP contribution in [0.15, 0.2) is 46.6 Å². The minimum atomic E-state index is 0.0684. The Morgan fingerprint density at radius 2 is 2.06 bits per heavy atom. The van der Waals surface area contributed by atoms with Gasteiger partial charge in [-0.05, 0) is 25.3 Å². The zero-order valence-electron chi connectivity index (χ0n) is 9.74. The number of benzene rings is 1. The van der Waals surface area contributed by atoms with E-state index >= 15 is 0 Å². The van der Waals surface area contributed by atoms with Crippen LogP contribution in [-0.4, -0.2) is 9.78 Å². The first-order valence-corrected chi connectivity index (χ1v) is 5.84. The molecule has 1 aromatic carbocycles. The van der Waals surface area contributed by atoms with Crippen LogP contribution in [0.1, 0.15) is 23.8 Å². The molecule has 1 aromatic heterocycles. The third kappa shape index (κ3) is 1.98. The Labute approximate surface area is 100.0 Å². The molecule has 1 atom stereocenters. The van der Waals surface area contributed by atoms with Gasteiger partial charge in [0.15, 0.2) is 12.0 Å². The summed E-state index contributed by atoms with van der Waals surface area (Å²) < 4.78 is 1.91. The molecule has 4 heteroatoms. The average molecular weight is 226 g/mol. The summed E-state index contributed by atoms with van der Waals surface area (Å²) in [7, 11) is 0. The van der Waals surface area contributed by atoms with Gasteiger partial charge in [-0.15, -0.1) is 5.11 Å². The van der Waals surface area contributed by atoms with Crippen LogP contribution in [0, 0.1) is 6.92 Å². The van der Waals surface area contributed by atoms with E-state index in [-0.39, 0.29) is 6.17 Å². The fourth-order valence-electron chi connectivity index (χ4n) is 2.09. The number of hydrogen-bond donors (Lipinski definition) is 0. The van der Waals surface area contributed by atoms with Crippen LogP contribution in [0.4, 0.5) is 5.82 Å². The van der Waals surface area contributed by atoms with Crippen molar-refractivity contribution in [3.63, 3.8) is 0 Å². The molecule has 86 valence electrons. The molecule has 1 unspecified atom stereocenters. The van der Waals surface area contributed by atoms with Crippen LogP contribution in [0.3, 0.4) is 0 Å². The summed E-state index contributed by atoms with van der Waals surface area (Å²) in [6, 6.07) is 12.4. The first-order chi connectivity index (χ1) is 8.33. The van der Waals surface area contributed by atoms with Gasteiger partial charge < -0.3 is 0 Å². The van der Waals surface area contributed by atoms with Crippen LogP contribution >= 0.6 is 0 Å². The molecule has 0 fully saturated rings. The number of fused-ring (bicyclic) bond motifs is 1. The van der Waals surface area contributed by atoms with E-state index in [9.17, 15) is 0 Å². The lowest BCUT2D eigenvalue weighted by Crippen LogP contribution is -2.05. The smallest absolute Gasteiger partial charge is 0.175 e. The zero-order valence-corrected chi connectivity index (χ0v) is 9.74. The summed E-state index contributed by atoms with van der Waals surface area (Å²) in [5, 5.41) is 12.8. The quantitative estimate of drug-likeness (QED) is 0.790. The van der Waals surface area contributed by atoms with Gasteiger partial charge in [0.25, 0.3) is 0 Å². The van der Waals surface area contributed by atoms with Crippen molar-refractivity contribution in [1.29, 1.82) is 0 Å². The Kier molecular flexibility index (Phi) is 2.48. The minimum absolute atomic E-state index is 0.0684. The summed E-state index contributed by atoms with van der Waals surface area (Å²) in [5.74, 6) is 0.876. The zero-order chi connectivity index (χ0) is 11.7.